The molecule has 2 aliphatic heterocycles. The van der Waals surface area contributed by atoms with Crippen molar-refractivity contribution in [3.63, 3.8) is 0 Å². The van der Waals surface area contributed by atoms with Gasteiger partial charge in [-0.05, 0) is 13.8 Å². The van der Waals surface area contributed by atoms with Crippen LogP contribution in [0.2, 0.25) is 0 Å². The van der Waals surface area contributed by atoms with Crippen LogP contribution in [0.25, 0.3) is 0 Å². The number of β-lactam (4-membered cyclic amide) rings is 1. The first-order valence-electron chi connectivity index (χ1n) is 4.57. The van der Waals surface area contributed by atoms with E-state index in [1.54, 1.807) is 13.8 Å². The smallest absolute Gasteiger partial charge is 0.236 e. The van der Waals surface area contributed by atoms with Crippen LogP contribution in [-0.2, 0) is 9.59 Å². The van der Waals surface area contributed by atoms with E-state index in [0.29, 0.717) is 5.70 Å². The van der Waals surface area contributed by atoms with Crippen molar-refractivity contribution in [2.45, 2.75) is 25.3 Å². The highest BCUT2D eigenvalue weighted by atomic mass is 32.2. The van der Waals surface area contributed by atoms with E-state index >= 15 is 0 Å². The van der Waals surface area contributed by atoms with Gasteiger partial charge in [-0.3, -0.25) is 14.5 Å². The highest BCUT2D eigenvalue weighted by molar-refractivity contribution is 8.04. The van der Waals surface area contributed by atoms with E-state index in [0.717, 1.165) is 4.91 Å². The van der Waals surface area contributed by atoms with Gasteiger partial charge in [-0.15, -0.1) is 11.8 Å². The van der Waals surface area contributed by atoms with Gasteiger partial charge in [0.05, 0.1) is 12.0 Å². The minimum absolute atomic E-state index is 0.122. The van der Waals surface area contributed by atoms with Gasteiger partial charge in [-0.25, -0.2) is 0 Å². The summed E-state index contributed by atoms with van der Waals surface area (Å²) in [5.74, 6) is -0.577. The van der Waals surface area contributed by atoms with Gasteiger partial charge < -0.3 is 5.11 Å². The Morgan fingerprint density at radius 2 is 2.27 bits per heavy atom. The minimum atomic E-state index is -0.673. The first-order valence-corrected chi connectivity index (χ1v) is 5.89. The number of aliphatic hydroxyl groups is 1. The molecule has 0 bridgehead atoms. The van der Waals surface area contributed by atoms with Crippen LogP contribution in [0, 0.1) is 5.92 Å². The molecule has 2 heterocycles. The normalized spacial score (nSPS) is 31.5. The lowest BCUT2D eigenvalue weighted by atomic mass is 9.92. The average molecular weight is 245 g/mol. The topological polar surface area (TPSA) is 57.6 Å². The van der Waals surface area contributed by atoms with E-state index in [1.807, 2.05) is 0 Å². The number of carbonyl (C=O) groups excluding carboxylic acids is 2. The molecular formula is C9H11NO3S2. The third-order valence-electron chi connectivity index (χ3n) is 2.68. The molecule has 0 aromatic heterocycles. The van der Waals surface area contributed by atoms with E-state index in [-0.39, 0.29) is 16.4 Å². The fourth-order valence-electron chi connectivity index (χ4n) is 1.95. The molecule has 4 nitrogen and oxygen atoms in total. The summed E-state index contributed by atoms with van der Waals surface area (Å²) in [6, 6.07) is 0. The number of amides is 1. The molecule has 2 aliphatic rings. The van der Waals surface area contributed by atoms with Crippen molar-refractivity contribution in [1.29, 1.82) is 0 Å². The average Bonchev–Trinajstić information content (AvgIpc) is 2.38. The lowest BCUT2D eigenvalue weighted by Crippen LogP contribution is -2.60. The van der Waals surface area contributed by atoms with Crippen molar-refractivity contribution < 1.29 is 14.7 Å². The highest BCUT2D eigenvalue weighted by Gasteiger charge is 2.56. The van der Waals surface area contributed by atoms with Crippen LogP contribution in [-0.4, -0.2) is 32.5 Å². The second-order valence-electron chi connectivity index (χ2n) is 3.69. The zero-order valence-electron chi connectivity index (χ0n) is 8.30. The number of rotatable bonds is 2. The highest BCUT2D eigenvalue weighted by Crippen LogP contribution is 2.50. The van der Waals surface area contributed by atoms with Crippen LogP contribution < -0.4 is 0 Å². The summed E-state index contributed by atoms with van der Waals surface area (Å²) in [7, 11) is 0. The molecule has 1 unspecified atom stereocenters. The molecule has 1 saturated heterocycles. The second-order valence-corrected chi connectivity index (χ2v) is 5.43. The number of nitrogens with zero attached hydrogens (tertiary/aromatic N) is 1. The van der Waals surface area contributed by atoms with Gasteiger partial charge in [0.1, 0.15) is 11.1 Å². The number of fused-ring (bicyclic) bond motifs is 1. The van der Waals surface area contributed by atoms with Crippen molar-refractivity contribution in [3.8, 4) is 0 Å². The van der Waals surface area contributed by atoms with Crippen LogP contribution in [0.5, 0.6) is 0 Å². The van der Waals surface area contributed by atoms with Gasteiger partial charge in [0.25, 0.3) is 0 Å². The van der Waals surface area contributed by atoms with Gasteiger partial charge in [0, 0.05) is 4.91 Å². The van der Waals surface area contributed by atoms with E-state index in [4.69, 9.17) is 0 Å². The molecule has 3 atom stereocenters. The number of allylic oxidation sites excluding steroid dienone is 1. The van der Waals surface area contributed by atoms with Gasteiger partial charge in [0.2, 0.25) is 11.0 Å². The van der Waals surface area contributed by atoms with E-state index in [1.165, 1.54) is 16.7 Å². The molecule has 0 aromatic rings. The number of hydrogen-bond donors (Lipinski definition) is 2. The standard InChI is InChI=1S/C9H11NO3S2/c1-3(11)5-7(12)10-6(9(13)14)4(2)15-8(5)10/h3,5,8,11H,1-2H3,(H,13,14)/t3?,5-,8-/m1/s1. The Balaban J connectivity index is 2.27. The first-order chi connectivity index (χ1) is 6.95. The van der Waals surface area contributed by atoms with E-state index in [2.05, 4.69) is 12.6 Å². The monoisotopic (exact) mass is 245 g/mol. The van der Waals surface area contributed by atoms with Crippen molar-refractivity contribution in [3.05, 3.63) is 10.6 Å². The molecule has 0 aromatic carbocycles. The predicted octanol–water partition coefficient (Wildman–Crippen LogP) is 0.586. The Morgan fingerprint density at radius 1 is 1.67 bits per heavy atom. The molecule has 2 rings (SSSR count). The molecule has 1 fully saturated rings. The second kappa shape index (κ2) is 3.54. The number of hydrogen-bond acceptors (Lipinski definition) is 4. The Morgan fingerprint density at radius 3 is 2.73 bits per heavy atom. The van der Waals surface area contributed by atoms with Crippen LogP contribution >= 0.6 is 24.4 Å². The fourth-order valence-corrected chi connectivity index (χ4v) is 3.78. The quantitative estimate of drug-likeness (QED) is 0.552. The fraction of sp³-hybridized carbons (Fsp3) is 0.556. The van der Waals surface area contributed by atoms with Gasteiger partial charge in [-0.1, -0.05) is 12.6 Å². The number of carbonyl (C=O) groups is 2. The van der Waals surface area contributed by atoms with Crippen molar-refractivity contribution >= 4 is 35.4 Å². The molecule has 0 spiro atoms. The Hall–Kier alpha value is -0.460. The summed E-state index contributed by atoms with van der Waals surface area (Å²) in [5, 5.41) is 8.91. The van der Waals surface area contributed by atoms with Gasteiger partial charge in [-0.2, -0.15) is 0 Å². The molecule has 0 saturated carbocycles. The Labute approximate surface area is 97.1 Å². The van der Waals surface area contributed by atoms with Crippen LogP contribution in [0.1, 0.15) is 13.8 Å². The van der Waals surface area contributed by atoms with E-state index in [9.17, 15) is 14.7 Å². The number of thioether (sulfide) groups is 1. The summed E-state index contributed by atoms with van der Waals surface area (Å²) >= 11 is 5.19. The van der Waals surface area contributed by atoms with Crippen molar-refractivity contribution in [1.82, 2.24) is 4.90 Å². The minimum Gasteiger partial charge on any atom is -0.392 e. The molecule has 82 valence electrons. The van der Waals surface area contributed by atoms with Crippen molar-refractivity contribution in [2.24, 2.45) is 5.92 Å². The maximum atomic E-state index is 11.7. The van der Waals surface area contributed by atoms with Crippen LogP contribution in [0.4, 0.5) is 0 Å². The third kappa shape index (κ3) is 1.43. The zero-order valence-corrected chi connectivity index (χ0v) is 10.0. The summed E-state index contributed by atoms with van der Waals surface area (Å²) in [5.41, 5.74) is 0.371. The lowest BCUT2D eigenvalue weighted by Gasteiger charge is -2.43. The molecule has 0 radical (unpaired) electrons. The lowest BCUT2D eigenvalue weighted by molar-refractivity contribution is -0.153. The Kier molecular flexibility index (Phi) is 2.60. The molecule has 6 heteroatoms. The number of aliphatic hydroxyl groups excluding tert-OH is 1. The summed E-state index contributed by atoms with van der Waals surface area (Å²) in [4.78, 5) is 25.1. The third-order valence-corrected chi connectivity index (χ3v) is 4.18. The maximum absolute atomic E-state index is 11.7. The summed E-state index contributed by atoms with van der Waals surface area (Å²) < 4.78 is 0. The van der Waals surface area contributed by atoms with Crippen LogP contribution in [0.3, 0.4) is 0 Å². The number of thiol groups is 1. The Bertz CT molecular complexity index is 378. The summed E-state index contributed by atoms with van der Waals surface area (Å²) in [6.07, 6.45) is -0.673. The largest absolute Gasteiger partial charge is 0.392 e. The first kappa shape index (κ1) is 11.0. The molecular weight excluding hydrogens is 234 g/mol. The SMILES string of the molecule is CC1=C(C(=O)S)N2C(=O)[C@@H](C(C)O)[C@H]2S1. The molecule has 15 heavy (non-hydrogen) atoms. The predicted molar refractivity (Wildman–Crippen MR) is 60.1 cm³/mol. The molecule has 0 aliphatic carbocycles. The molecule has 1 amide bonds. The summed E-state index contributed by atoms with van der Waals surface area (Å²) in [6.45, 7) is 3.38. The van der Waals surface area contributed by atoms with Gasteiger partial charge in [0.15, 0.2) is 0 Å². The zero-order chi connectivity index (χ0) is 11.3. The molecule has 1 N–H and O–H groups in total. The van der Waals surface area contributed by atoms with Crippen molar-refractivity contribution in [2.75, 3.05) is 0 Å². The van der Waals surface area contributed by atoms with Gasteiger partial charge >= 0.3 is 0 Å². The maximum Gasteiger partial charge on any atom is 0.236 e. The van der Waals surface area contributed by atoms with E-state index < -0.39 is 12.0 Å². The van der Waals surface area contributed by atoms with Crippen LogP contribution in [0.15, 0.2) is 10.6 Å².